The molecule has 3 aromatic carbocycles. The van der Waals surface area contributed by atoms with E-state index in [0.29, 0.717) is 17.0 Å². The van der Waals surface area contributed by atoms with Crippen LogP contribution in [0.25, 0.3) is 22.2 Å². The Bertz CT molecular complexity index is 1350. The number of carbonyl (C=O) groups is 1. The largest absolute Gasteiger partial charge is 0.497 e. The van der Waals surface area contributed by atoms with E-state index in [1.807, 2.05) is 75.4 Å². The molecule has 1 aromatic heterocycles. The molecular weight excluding hydrogens is 410 g/mol. The highest BCUT2D eigenvalue weighted by Gasteiger charge is 2.20. The summed E-state index contributed by atoms with van der Waals surface area (Å²) in [7, 11) is 1.64. The second kappa shape index (κ2) is 9.07. The SMILES string of the molecule is COc1cccc(-c2cc(C(=O)Oc3cc(C)ccc3C(C)C)c3cc(C)cc(C)c3n2)c1. The first-order valence-corrected chi connectivity index (χ1v) is 11.2. The van der Waals surface area contributed by atoms with Gasteiger partial charge in [-0.25, -0.2) is 9.78 Å². The van der Waals surface area contributed by atoms with E-state index in [4.69, 9.17) is 14.5 Å². The van der Waals surface area contributed by atoms with Crippen LogP contribution in [-0.2, 0) is 0 Å². The minimum atomic E-state index is -0.385. The highest BCUT2D eigenvalue weighted by atomic mass is 16.5. The first-order valence-electron chi connectivity index (χ1n) is 11.2. The zero-order chi connectivity index (χ0) is 23.7. The van der Waals surface area contributed by atoms with Crippen LogP contribution in [0.15, 0.2) is 60.7 Å². The van der Waals surface area contributed by atoms with Crippen molar-refractivity contribution in [1.29, 1.82) is 0 Å². The van der Waals surface area contributed by atoms with Gasteiger partial charge in [0.1, 0.15) is 11.5 Å². The fraction of sp³-hybridized carbons (Fsp3) is 0.241. The van der Waals surface area contributed by atoms with E-state index in [-0.39, 0.29) is 11.9 Å². The van der Waals surface area contributed by atoms with Gasteiger partial charge in [0.2, 0.25) is 0 Å². The van der Waals surface area contributed by atoms with E-state index in [0.717, 1.165) is 44.5 Å². The molecule has 0 bridgehead atoms. The van der Waals surface area contributed by atoms with Gasteiger partial charge in [0.05, 0.1) is 23.9 Å². The van der Waals surface area contributed by atoms with Gasteiger partial charge in [-0.2, -0.15) is 0 Å². The first-order chi connectivity index (χ1) is 15.8. The summed E-state index contributed by atoms with van der Waals surface area (Å²) in [5.74, 6) is 1.19. The summed E-state index contributed by atoms with van der Waals surface area (Å²) in [6.07, 6.45) is 0. The maximum Gasteiger partial charge on any atom is 0.344 e. The highest BCUT2D eigenvalue weighted by Crippen LogP contribution is 2.32. The second-order valence-corrected chi connectivity index (χ2v) is 8.85. The summed E-state index contributed by atoms with van der Waals surface area (Å²) in [6.45, 7) is 10.2. The molecule has 0 fully saturated rings. The summed E-state index contributed by atoms with van der Waals surface area (Å²) < 4.78 is 11.4. The van der Waals surface area contributed by atoms with Crippen LogP contribution in [0.4, 0.5) is 0 Å². The molecule has 4 nitrogen and oxygen atoms in total. The Morgan fingerprint density at radius 2 is 1.70 bits per heavy atom. The molecular formula is C29H29NO3. The van der Waals surface area contributed by atoms with Gasteiger partial charge >= 0.3 is 5.97 Å². The zero-order valence-corrected chi connectivity index (χ0v) is 20.0. The molecule has 0 radical (unpaired) electrons. The Morgan fingerprint density at radius 3 is 2.42 bits per heavy atom. The number of rotatable bonds is 5. The van der Waals surface area contributed by atoms with Crippen LogP contribution in [0.1, 0.15) is 52.4 Å². The van der Waals surface area contributed by atoms with Crippen LogP contribution in [0.5, 0.6) is 11.5 Å². The normalized spacial score (nSPS) is 11.1. The van der Waals surface area contributed by atoms with Crippen LogP contribution in [0, 0.1) is 20.8 Å². The van der Waals surface area contributed by atoms with Crippen molar-refractivity contribution in [3.8, 4) is 22.8 Å². The summed E-state index contributed by atoms with van der Waals surface area (Å²) in [5.41, 5.74) is 7.02. The number of aryl methyl sites for hydroxylation is 3. The van der Waals surface area contributed by atoms with Crippen molar-refractivity contribution in [2.45, 2.75) is 40.5 Å². The molecule has 4 aromatic rings. The number of carbonyl (C=O) groups excluding carboxylic acids is 1. The lowest BCUT2D eigenvalue weighted by molar-refractivity contribution is 0.0735. The number of ether oxygens (including phenoxy) is 2. The standard InChI is InChI=1S/C29H29NO3/c1-17(2)23-11-10-18(3)14-27(23)33-29(31)25-16-26(21-8-7-9-22(15-21)32-6)30-28-20(5)12-19(4)13-24(25)28/h7-17H,1-6H3. The average Bonchev–Trinajstić information content (AvgIpc) is 2.78. The molecule has 4 rings (SSSR count). The minimum Gasteiger partial charge on any atom is -0.497 e. The Labute approximate surface area is 195 Å². The third-order valence-corrected chi connectivity index (χ3v) is 5.83. The molecule has 1 heterocycles. The van der Waals surface area contributed by atoms with E-state index >= 15 is 0 Å². The number of hydrogen-bond donors (Lipinski definition) is 0. The van der Waals surface area contributed by atoms with Crippen LogP contribution in [0.2, 0.25) is 0 Å². The Morgan fingerprint density at radius 1 is 0.909 bits per heavy atom. The third kappa shape index (κ3) is 4.61. The topological polar surface area (TPSA) is 48.4 Å². The fourth-order valence-electron chi connectivity index (χ4n) is 4.14. The lowest BCUT2D eigenvalue weighted by Crippen LogP contribution is -2.12. The number of benzene rings is 3. The van der Waals surface area contributed by atoms with Crippen molar-refractivity contribution in [3.63, 3.8) is 0 Å². The van der Waals surface area contributed by atoms with Crippen LogP contribution >= 0.6 is 0 Å². The van der Waals surface area contributed by atoms with E-state index in [2.05, 4.69) is 19.9 Å². The highest BCUT2D eigenvalue weighted by molar-refractivity contribution is 6.06. The molecule has 0 unspecified atom stereocenters. The summed E-state index contributed by atoms with van der Waals surface area (Å²) >= 11 is 0. The molecule has 168 valence electrons. The maximum atomic E-state index is 13.6. The molecule has 0 spiro atoms. The monoisotopic (exact) mass is 439 g/mol. The minimum absolute atomic E-state index is 0.236. The fourth-order valence-corrected chi connectivity index (χ4v) is 4.14. The number of methoxy groups -OCH3 is 1. The van der Waals surface area contributed by atoms with Crippen LogP contribution in [0.3, 0.4) is 0 Å². The lowest BCUT2D eigenvalue weighted by atomic mass is 9.99. The van der Waals surface area contributed by atoms with Gasteiger partial charge in [-0.15, -0.1) is 0 Å². The lowest BCUT2D eigenvalue weighted by Gasteiger charge is -2.16. The van der Waals surface area contributed by atoms with Gasteiger partial charge in [0.15, 0.2) is 0 Å². The molecule has 0 aliphatic carbocycles. The molecule has 4 heteroatoms. The van der Waals surface area contributed by atoms with Gasteiger partial charge in [-0.3, -0.25) is 0 Å². The quantitative estimate of drug-likeness (QED) is 0.244. The second-order valence-electron chi connectivity index (χ2n) is 8.85. The molecule has 0 aliphatic rings. The van der Waals surface area contributed by atoms with E-state index in [1.165, 1.54) is 0 Å². The van der Waals surface area contributed by atoms with Gasteiger partial charge in [-0.1, -0.05) is 49.7 Å². The number of pyridine rings is 1. The van der Waals surface area contributed by atoms with Gasteiger partial charge in [0, 0.05) is 10.9 Å². The Balaban J connectivity index is 1.89. The van der Waals surface area contributed by atoms with E-state index in [9.17, 15) is 4.79 Å². The zero-order valence-electron chi connectivity index (χ0n) is 20.0. The number of hydrogen-bond acceptors (Lipinski definition) is 4. The predicted molar refractivity (Wildman–Crippen MR) is 133 cm³/mol. The van der Waals surface area contributed by atoms with E-state index < -0.39 is 0 Å². The number of nitrogens with zero attached hydrogens (tertiary/aromatic N) is 1. The predicted octanol–water partition coefficient (Wildman–Crippen LogP) is 7.18. The molecule has 0 saturated heterocycles. The van der Waals surface area contributed by atoms with Crippen molar-refractivity contribution in [2.75, 3.05) is 7.11 Å². The average molecular weight is 440 g/mol. The molecule has 0 atom stereocenters. The number of fused-ring (bicyclic) bond motifs is 1. The smallest absolute Gasteiger partial charge is 0.344 e. The summed E-state index contributed by atoms with van der Waals surface area (Å²) in [5, 5.41) is 0.794. The first kappa shape index (κ1) is 22.5. The van der Waals surface area contributed by atoms with Gasteiger partial charge < -0.3 is 9.47 Å². The molecule has 0 amide bonds. The van der Waals surface area contributed by atoms with Gasteiger partial charge in [0.25, 0.3) is 0 Å². The van der Waals surface area contributed by atoms with Crippen molar-refractivity contribution >= 4 is 16.9 Å². The molecule has 0 N–H and O–H groups in total. The number of esters is 1. The number of aromatic nitrogens is 1. The molecule has 0 saturated carbocycles. The van der Waals surface area contributed by atoms with Crippen LogP contribution in [-0.4, -0.2) is 18.1 Å². The molecule has 0 aliphatic heterocycles. The van der Waals surface area contributed by atoms with Crippen molar-refractivity contribution in [3.05, 3.63) is 88.5 Å². The van der Waals surface area contributed by atoms with Crippen LogP contribution < -0.4 is 9.47 Å². The van der Waals surface area contributed by atoms with E-state index in [1.54, 1.807) is 7.11 Å². The van der Waals surface area contributed by atoms with Crippen molar-refractivity contribution in [2.24, 2.45) is 0 Å². The van der Waals surface area contributed by atoms with Crippen molar-refractivity contribution < 1.29 is 14.3 Å². The van der Waals surface area contributed by atoms with Gasteiger partial charge in [-0.05, 0) is 73.7 Å². The Hall–Kier alpha value is -3.66. The molecule has 33 heavy (non-hydrogen) atoms. The summed E-state index contributed by atoms with van der Waals surface area (Å²) in [4.78, 5) is 18.5. The Kier molecular flexibility index (Phi) is 6.19. The maximum absolute atomic E-state index is 13.6. The third-order valence-electron chi connectivity index (χ3n) is 5.83. The summed E-state index contributed by atoms with van der Waals surface area (Å²) in [6, 6.07) is 19.6. The van der Waals surface area contributed by atoms with Crippen molar-refractivity contribution in [1.82, 2.24) is 4.98 Å².